The number of hydrogen-bond acceptors (Lipinski definition) is 3. The van der Waals surface area contributed by atoms with E-state index >= 15 is 0 Å². The molecule has 1 amide bonds. The topological polar surface area (TPSA) is 50.4 Å². The van der Waals surface area contributed by atoms with Crippen molar-refractivity contribution in [2.45, 2.75) is 39.8 Å². The SMILES string of the molecule is CNC(=O)COc1ccc(C)cc1CNC(C)(C)C. The first kappa shape index (κ1) is 15.5. The standard InChI is InChI=1S/C15H24N2O2/c1-11-6-7-13(19-10-14(18)16-5)12(8-11)9-17-15(2,3)4/h6-8,17H,9-10H2,1-5H3,(H,16,18). The van der Waals surface area contributed by atoms with E-state index in [0.29, 0.717) is 6.54 Å². The van der Waals surface area contributed by atoms with Crippen LogP contribution in [0.1, 0.15) is 31.9 Å². The third-order valence-electron chi connectivity index (χ3n) is 2.66. The molecule has 2 N–H and O–H groups in total. The van der Waals surface area contributed by atoms with Crippen LogP contribution in [0.3, 0.4) is 0 Å². The van der Waals surface area contributed by atoms with E-state index < -0.39 is 0 Å². The van der Waals surface area contributed by atoms with Gasteiger partial charge in [0.25, 0.3) is 5.91 Å². The Kier molecular flexibility index (Phi) is 5.36. The van der Waals surface area contributed by atoms with E-state index in [9.17, 15) is 4.79 Å². The average Bonchev–Trinajstić information content (AvgIpc) is 2.33. The fourth-order valence-corrected chi connectivity index (χ4v) is 1.56. The van der Waals surface area contributed by atoms with Crippen molar-refractivity contribution in [2.75, 3.05) is 13.7 Å². The Morgan fingerprint density at radius 1 is 1.32 bits per heavy atom. The van der Waals surface area contributed by atoms with Crippen molar-refractivity contribution in [3.05, 3.63) is 29.3 Å². The molecule has 0 saturated heterocycles. The number of rotatable bonds is 5. The third-order valence-corrected chi connectivity index (χ3v) is 2.66. The van der Waals surface area contributed by atoms with Crippen LogP contribution in [0, 0.1) is 6.92 Å². The van der Waals surface area contributed by atoms with Crippen LogP contribution in [0.2, 0.25) is 0 Å². The van der Waals surface area contributed by atoms with Gasteiger partial charge in [-0.15, -0.1) is 0 Å². The van der Waals surface area contributed by atoms with Crippen molar-refractivity contribution in [1.82, 2.24) is 10.6 Å². The molecule has 4 heteroatoms. The van der Waals surface area contributed by atoms with Gasteiger partial charge in [-0.05, 0) is 33.8 Å². The molecule has 0 aliphatic rings. The summed E-state index contributed by atoms with van der Waals surface area (Å²) in [5.41, 5.74) is 2.29. The highest BCUT2D eigenvalue weighted by Crippen LogP contribution is 2.20. The molecule has 0 aliphatic heterocycles. The minimum Gasteiger partial charge on any atom is -0.483 e. The number of amides is 1. The molecule has 106 valence electrons. The molecule has 4 nitrogen and oxygen atoms in total. The quantitative estimate of drug-likeness (QED) is 0.855. The van der Waals surface area contributed by atoms with Crippen molar-refractivity contribution in [3.8, 4) is 5.75 Å². The molecule has 0 fully saturated rings. The second kappa shape index (κ2) is 6.57. The highest BCUT2D eigenvalue weighted by molar-refractivity contribution is 5.77. The van der Waals surface area contributed by atoms with Crippen LogP contribution < -0.4 is 15.4 Å². The summed E-state index contributed by atoms with van der Waals surface area (Å²) in [5.74, 6) is 0.626. The monoisotopic (exact) mass is 264 g/mol. The summed E-state index contributed by atoms with van der Waals surface area (Å²) in [7, 11) is 1.60. The molecule has 1 aromatic rings. The van der Waals surface area contributed by atoms with Gasteiger partial charge < -0.3 is 15.4 Å². The minimum absolute atomic E-state index is 0.0435. The molecule has 0 saturated carbocycles. The summed E-state index contributed by atoms with van der Waals surface area (Å²) in [5, 5.41) is 5.97. The normalized spacial score (nSPS) is 11.2. The number of likely N-dealkylation sites (N-methyl/N-ethyl adjacent to an activating group) is 1. The summed E-state index contributed by atoms with van der Waals surface area (Å²) < 4.78 is 5.56. The lowest BCUT2D eigenvalue weighted by Gasteiger charge is -2.22. The fraction of sp³-hybridized carbons (Fsp3) is 0.533. The lowest BCUT2D eigenvalue weighted by atomic mass is 10.1. The second-order valence-electron chi connectivity index (χ2n) is 5.68. The van der Waals surface area contributed by atoms with E-state index in [1.165, 1.54) is 5.56 Å². The van der Waals surface area contributed by atoms with Crippen LogP contribution >= 0.6 is 0 Å². The lowest BCUT2D eigenvalue weighted by molar-refractivity contribution is -0.122. The van der Waals surface area contributed by atoms with E-state index in [1.807, 2.05) is 19.1 Å². The van der Waals surface area contributed by atoms with Gasteiger partial charge in [-0.25, -0.2) is 0 Å². The number of benzene rings is 1. The zero-order chi connectivity index (χ0) is 14.5. The van der Waals surface area contributed by atoms with Crippen LogP contribution in [-0.4, -0.2) is 25.1 Å². The number of aryl methyl sites for hydroxylation is 1. The molecular weight excluding hydrogens is 240 g/mol. The van der Waals surface area contributed by atoms with Crippen LogP contribution in [0.15, 0.2) is 18.2 Å². The summed E-state index contributed by atoms with van der Waals surface area (Å²) in [4.78, 5) is 11.2. The van der Waals surface area contributed by atoms with Crippen molar-refractivity contribution in [2.24, 2.45) is 0 Å². The van der Waals surface area contributed by atoms with Gasteiger partial charge in [0.05, 0.1) is 0 Å². The summed E-state index contributed by atoms with van der Waals surface area (Å²) in [6.07, 6.45) is 0. The highest BCUT2D eigenvalue weighted by Gasteiger charge is 2.12. The Morgan fingerprint density at radius 3 is 2.58 bits per heavy atom. The minimum atomic E-state index is -0.129. The molecule has 0 bridgehead atoms. The molecule has 0 spiro atoms. The molecule has 0 atom stereocenters. The zero-order valence-electron chi connectivity index (χ0n) is 12.5. The molecule has 0 unspecified atom stereocenters. The number of carbonyl (C=O) groups is 1. The Bertz CT molecular complexity index is 436. The average molecular weight is 264 g/mol. The van der Waals surface area contributed by atoms with Gasteiger partial charge in [0.1, 0.15) is 5.75 Å². The molecule has 0 heterocycles. The maximum absolute atomic E-state index is 11.2. The predicted octanol–water partition coefficient (Wildman–Crippen LogP) is 2.01. The van der Waals surface area contributed by atoms with Crippen LogP contribution in [0.25, 0.3) is 0 Å². The smallest absolute Gasteiger partial charge is 0.257 e. The van der Waals surface area contributed by atoms with E-state index in [2.05, 4.69) is 37.5 Å². The van der Waals surface area contributed by atoms with Crippen LogP contribution in [0.5, 0.6) is 5.75 Å². The molecule has 0 aromatic heterocycles. The van der Waals surface area contributed by atoms with Gasteiger partial charge in [-0.2, -0.15) is 0 Å². The van der Waals surface area contributed by atoms with Crippen LogP contribution in [-0.2, 0) is 11.3 Å². The van der Waals surface area contributed by atoms with Gasteiger partial charge in [0, 0.05) is 24.7 Å². The zero-order valence-corrected chi connectivity index (χ0v) is 12.5. The Balaban J connectivity index is 2.76. The van der Waals surface area contributed by atoms with Gasteiger partial charge in [0.15, 0.2) is 6.61 Å². The van der Waals surface area contributed by atoms with Crippen molar-refractivity contribution in [3.63, 3.8) is 0 Å². The maximum atomic E-state index is 11.2. The van der Waals surface area contributed by atoms with Crippen molar-refractivity contribution in [1.29, 1.82) is 0 Å². The van der Waals surface area contributed by atoms with E-state index in [0.717, 1.165) is 11.3 Å². The first-order chi connectivity index (χ1) is 8.81. The van der Waals surface area contributed by atoms with E-state index in [4.69, 9.17) is 4.74 Å². The Labute approximate surface area is 115 Å². The van der Waals surface area contributed by atoms with E-state index in [-0.39, 0.29) is 18.1 Å². The number of nitrogens with one attached hydrogen (secondary N) is 2. The Hall–Kier alpha value is -1.55. The summed E-state index contributed by atoms with van der Waals surface area (Å²) in [6, 6.07) is 5.98. The van der Waals surface area contributed by atoms with Gasteiger partial charge in [-0.3, -0.25) is 4.79 Å². The highest BCUT2D eigenvalue weighted by atomic mass is 16.5. The number of carbonyl (C=O) groups excluding carboxylic acids is 1. The summed E-state index contributed by atoms with van der Waals surface area (Å²) in [6.45, 7) is 9.16. The van der Waals surface area contributed by atoms with Gasteiger partial charge in [-0.1, -0.05) is 17.7 Å². The summed E-state index contributed by atoms with van der Waals surface area (Å²) >= 11 is 0. The maximum Gasteiger partial charge on any atom is 0.257 e. The molecule has 1 aromatic carbocycles. The molecule has 0 radical (unpaired) electrons. The number of hydrogen-bond donors (Lipinski definition) is 2. The fourth-order valence-electron chi connectivity index (χ4n) is 1.56. The van der Waals surface area contributed by atoms with Crippen LogP contribution in [0.4, 0.5) is 0 Å². The van der Waals surface area contributed by atoms with Gasteiger partial charge in [0.2, 0.25) is 0 Å². The Morgan fingerprint density at radius 2 is 2.00 bits per heavy atom. The van der Waals surface area contributed by atoms with Gasteiger partial charge >= 0.3 is 0 Å². The van der Waals surface area contributed by atoms with Crippen molar-refractivity contribution >= 4 is 5.91 Å². The lowest BCUT2D eigenvalue weighted by Crippen LogP contribution is -2.35. The first-order valence-electron chi connectivity index (χ1n) is 6.50. The molecule has 19 heavy (non-hydrogen) atoms. The number of ether oxygens (including phenoxy) is 1. The molecule has 0 aliphatic carbocycles. The van der Waals surface area contributed by atoms with Crippen molar-refractivity contribution < 1.29 is 9.53 Å². The molecular formula is C15H24N2O2. The van der Waals surface area contributed by atoms with E-state index in [1.54, 1.807) is 7.05 Å². The predicted molar refractivity (Wildman–Crippen MR) is 77.3 cm³/mol. The molecule has 1 rings (SSSR count). The first-order valence-corrected chi connectivity index (χ1v) is 6.50. The second-order valence-corrected chi connectivity index (χ2v) is 5.68. The largest absolute Gasteiger partial charge is 0.483 e. The third kappa shape index (κ3) is 5.75.